The van der Waals surface area contributed by atoms with Gasteiger partial charge in [-0.2, -0.15) is 0 Å². The molecule has 0 aliphatic carbocycles. The van der Waals surface area contributed by atoms with E-state index >= 15 is 0 Å². The summed E-state index contributed by atoms with van der Waals surface area (Å²) in [4.78, 5) is 0. The molecule has 0 bridgehead atoms. The summed E-state index contributed by atoms with van der Waals surface area (Å²) >= 11 is 5.48. The molecule has 33 heavy (non-hydrogen) atoms. The molecule has 0 heterocycles. The molecule has 0 amide bonds. The van der Waals surface area contributed by atoms with Crippen LogP contribution in [-0.4, -0.2) is 0 Å². The van der Waals surface area contributed by atoms with Gasteiger partial charge < -0.3 is 9.05 Å². The molecule has 0 fully saturated rings. The summed E-state index contributed by atoms with van der Waals surface area (Å²) in [6.07, 6.45) is 20.2. The van der Waals surface area contributed by atoms with E-state index in [2.05, 4.69) is 38.1 Å². The molecule has 2 aromatic carbocycles. The van der Waals surface area contributed by atoms with E-state index in [1.165, 1.54) is 94.6 Å². The molecule has 0 aliphatic rings. The molecule has 0 saturated carbocycles. The number of benzene rings is 2. The zero-order valence-corrected chi connectivity index (χ0v) is 22.8. The Morgan fingerprint density at radius 2 is 1.06 bits per heavy atom. The lowest BCUT2D eigenvalue weighted by molar-refractivity contribution is 0.512. The van der Waals surface area contributed by atoms with Crippen molar-refractivity contribution in [3.8, 4) is 11.5 Å². The number of aryl methyl sites for hydroxylation is 2. The van der Waals surface area contributed by atoms with Gasteiger partial charge in [0.2, 0.25) is 0 Å². The number of hydrogen-bond donors (Lipinski definition) is 0. The number of hydrogen-bond acceptors (Lipinski definition) is 3. The minimum Gasteiger partial charge on any atom is -0.437 e. The third-order valence-electron chi connectivity index (χ3n) is 6.18. The largest absolute Gasteiger partial charge is 0.437 e. The van der Waals surface area contributed by atoms with Crippen molar-refractivity contribution in [3.63, 3.8) is 0 Å². The highest BCUT2D eigenvalue weighted by atomic mass is 32.4. The summed E-state index contributed by atoms with van der Waals surface area (Å²) in [7, 11) is -1.80. The molecular formula is C29H45O2PS. The maximum absolute atomic E-state index is 5.95. The lowest BCUT2D eigenvalue weighted by Crippen LogP contribution is -1.91. The van der Waals surface area contributed by atoms with Crippen molar-refractivity contribution in [2.45, 2.75) is 110 Å². The highest BCUT2D eigenvalue weighted by molar-refractivity contribution is 8.01. The quantitative estimate of drug-likeness (QED) is 0.145. The summed E-state index contributed by atoms with van der Waals surface area (Å²) in [6, 6.07) is 16.5. The highest BCUT2D eigenvalue weighted by Crippen LogP contribution is 2.31. The van der Waals surface area contributed by atoms with Crippen LogP contribution in [-0.2, 0) is 24.6 Å². The first-order valence-corrected chi connectivity index (χ1v) is 15.7. The van der Waals surface area contributed by atoms with Crippen molar-refractivity contribution in [2.24, 2.45) is 0 Å². The zero-order chi connectivity index (χ0) is 23.6. The van der Waals surface area contributed by atoms with Crippen LogP contribution in [0, 0.1) is 0 Å². The van der Waals surface area contributed by atoms with Crippen LogP contribution in [0.1, 0.15) is 108 Å². The van der Waals surface area contributed by atoms with Crippen LogP contribution in [0.4, 0.5) is 0 Å². The smallest absolute Gasteiger partial charge is 0.275 e. The molecule has 0 N–H and O–H groups in total. The molecule has 0 aromatic heterocycles. The summed E-state index contributed by atoms with van der Waals surface area (Å²) in [6.45, 7) is 4.42. The van der Waals surface area contributed by atoms with E-state index in [1.54, 1.807) is 0 Å². The fourth-order valence-electron chi connectivity index (χ4n) is 4.15. The molecule has 2 rings (SSSR count). The Morgan fingerprint density at radius 1 is 0.606 bits per heavy atom. The molecule has 0 aliphatic heterocycles. The van der Waals surface area contributed by atoms with Crippen molar-refractivity contribution < 1.29 is 9.05 Å². The third-order valence-corrected chi connectivity index (χ3v) is 7.48. The van der Waals surface area contributed by atoms with Gasteiger partial charge in [0.05, 0.1) is 0 Å². The van der Waals surface area contributed by atoms with Gasteiger partial charge in [-0.25, -0.2) is 0 Å². The summed E-state index contributed by atoms with van der Waals surface area (Å²) in [5.41, 5.74) is 2.57. The van der Waals surface area contributed by atoms with Crippen LogP contribution < -0.4 is 9.05 Å². The lowest BCUT2D eigenvalue weighted by Gasteiger charge is -2.12. The Balaban J connectivity index is 1.55. The van der Waals surface area contributed by atoms with Crippen LogP contribution in [0.5, 0.6) is 11.5 Å². The standard InChI is InChI=1S/C29H45O2PS/c1-3-5-6-7-8-9-10-11-12-13-14-15-16-19-27-21-18-23-29(25-27)31-32(33)30-28-22-17-20-26(4-2)24-28/h17-18,20-25,32H,3-16,19H2,1-2H3. The second-order valence-corrected chi connectivity index (χ2v) is 11.0. The monoisotopic (exact) mass is 488 g/mol. The van der Waals surface area contributed by atoms with E-state index in [0.29, 0.717) is 0 Å². The van der Waals surface area contributed by atoms with E-state index in [9.17, 15) is 0 Å². The second kappa shape index (κ2) is 18.1. The molecule has 0 radical (unpaired) electrons. The van der Waals surface area contributed by atoms with Crippen molar-refractivity contribution in [1.82, 2.24) is 0 Å². The summed E-state index contributed by atoms with van der Waals surface area (Å²) in [5.74, 6) is 1.64. The van der Waals surface area contributed by atoms with E-state index in [4.69, 9.17) is 20.9 Å². The van der Waals surface area contributed by atoms with Gasteiger partial charge in [-0.1, -0.05) is 115 Å². The van der Waals surface area contributed by atoms with Gasteiger partial charge >= 0.3 is 0 Å². The predicted molar refractivity (Wildman–Crippen MR) is 149 cm³/mol. The van der Waals surface area contributed by atoms with Crippen molar-refractivity contribution in [1.29, 1.82) is 0 Å². The third kappa shape index (κ3) is 13.2. The highest BCUT2D eigenvalue weighted by Gasteiger charge is 2.04. The number of unbranched alkanes of at least 4 members (excludes halogenated alkanes) is 12. The molecule has 0 saturated heterocycles. The molecule has 1 unspecified atom stereocenters. The van der Waals surface area contributed by atoms with Crippen molar-refractivity contribution >= 4 is 19.0 Å². The molecular weight excluding hydrogens is 443 g/mol. The zero-order valence-electron chi connectivity index (χ0n) is 21.0. The Bertz CT molecular complexity index is 793. The minimum absolute atomic E-state index is 0.807. The molecule has 4 heteroatoms. The van der Waals surface area contributed by atoms with E-state index in [0.717, 1.165) is 24.3 Å². The van der Waals surface area contributed by atoms with Gasteiger partial charge in [0.25, 0.3) is 7.15 Å². The molecule has 0 spiro atoms. The van der Waals surface area contributed by atoms with Crippen LogP contribution in [0.3, 0.4) is 0 Å². The van der Waals surface area contributed by atoms with Gasteiger partial charge in [0.15, 0.2) is 0 Å². The fraction of sp³-hybridized carbons (Fsp3) is 0.586. The maximum atomic E-state index is 5.95. The Morgan fingerprint density at radius 3 is 1.58 bits per heavy atom. The van der Waals surface area contributed by atoms with Gasteiger partial charge in [-0.05, 0) is 66.5 Å². The topological polar surface area (TPSA) is 18.5 Å². The molecule has 2 aromatic rings. The Kier molecular flexibility index (Phi) is 15.3. The Labute approximate surface area is 209 Å². The van der Waals surface area contributed by atoms with Crippen LogP contribution in [0.25, 0.3) is 0 Å². The molecule has 1 atom stereocenters. The van der Waals surface area contributed by atoms with Gasteiger partial charge in [0, 0.05) is 0 Å². The Hall–Kier alpha value is -1.31. The molecule has 2 nitrogen and oxygen atoms in total. The van der Waals surface area contributed by atoms with Gasteiger partial charge in [-0.15, -0.1) is 0 Å². The predicted octanol–water partition coefficient (Wildman–Crippen LogP) is 9.85. The normalized spacial score (nSPS) is 11.9. The van der Waals surface area contributed by atoms with Crippen LogP contribution in [0.15, 0.2) is 48.5 Å². The van der Waals surface area contributed by atoms with Gasteiger partial charge in [-0.3, -0.25) is 0 Å². The SMILES string of the molecule is CCCCCCCCCCCCCCCc1cccc(O[PH](=S)Oc2cccc(CC)c2)c1. The van der Waals surface area contributed by atoms with Crippen molar-refractivity contribution in [3.05, 3.63) is 59.7 Å². The summed E-state index contributed by atoms with van der Waals surface area (Å²) in [5, 5.41) is 0. The fourth-order valence-corrected chi connectivity index (χ4v) is 5.41. The van der Waals surface area contributed by atoms with E-state index in [-0.39, 0.29) is 0 Å². The van der Waals surface area contributed by atoms with Crippen LogP contribution in [0.2, 0.25) is 0 Å². The number of rotatable bonds is 19. The minimum atomic E-state index is -1.80. The van der Waals surface area contributed by atoms with E-state index in [1.807, 2.05) is 24.3 Å². The van der Waals surface area contributed by atoms with E-state index < -0.39 is 7.15 Å². The van der Waals surface area contributed by atoms with Crippen LogP contribution >= 0.6 is 7.15 Å². The lowest BCUT2D eigenvalue weighted by atomic mass is 10.0. The van der Waals surface area contributed by atoms with Crippen molar-refractivity contribution in [2.75, 3.05) is 0 Å². The first kappa shape index (κ1) is 27.9. The average Bonchev–Trinajstić information content (AvgIpc) is 2.82. The summed E-state index contributed by atoms with van der Waals surface area (Å²) < 4.78 is 11.8. The average molecular weight is 489 g/mol. The first-order chi connectivity index (χ1) is 16.2. The molecule has 184 valence electrons. The maximum Gasteiger partial charge on any atom is 0.275 e. The van der Waals surface area contributed by atoms with Gasteiger partial charge in [0.1, 0.15) is 11.5 Å². The second-order valence-electron chi connectivity index (χ2n) is 9.10. The first-order valence-electron chi connectivity index (χ1n) is 13.3.